The summed E-state index contributed by atoms with van der Waals surface area (Å²) in [6.07, 6.45) is 0. The first-order valence-electron chi connectivity index (χ1n) is 14.8. The van der Waals surface area contributed by atoms with Gasteiger partial charge in [-0.1, -0.05) is 121 Å². The third-order valence-electron chi connectivity index (χ3n) is 9.05. The average molecular weight is 581 g/mol. The van der Waals surface area contributed by atoms with Crippen LogP contribution in [0.3, 0.4) is 0 Å². The molecule has 8 aromatic carbocycles. The Balaban J connectivity index is 1.36. The van der Waals surface area contributed by atoms with Crippen molar-refractivity contribution in [3.05, 3.63) is 138 Å². The number of para-hydroxylation sites is 1. The Morgan fingerprint density at radius 1 is 0.511 bits per heavy atom. The average Bonchev–Trinajstić information content (AvgIpc) is 3.48. The van der Waals surface area contributed by atoms with Crippen LogP contribution in [0.25, 0.3) is 87.3 Å². The van der Waals surface area contributed by atoms with Gasteiger partial charge >= 0.3 is 0 Å². The Kier molecular flexibility index (Phi) is 5.51. The smallest absolute Gasteiger partial charge is 0.162 e. The molecular weight excluding hydrogens is 556 g/mol. The minimum Gasteiger partial charge on any atom is -0.455 e. The zero-order chi connectivity index (χ0) is 30.1. The van der Waals surface area contributed by atoms with E-state index in [9.17, 15) is 4.91 Å². The summed E-state index contributed by atoms with van der Waals surface area (Å²) in [4.78, 5) is 17.5. The topological polar surface area (TPSA) is 77.8 Å². The highest BCUT2D eigenvalue weighted by molar-refractivity contribution is 6.24. The van der Waals surface area contributed by atoms with Crippen LogP contribution in [0.15, 0.2) is 143 Å². The Hall–Kier alpha value is -6.04. The van der Waals surface area contributed by atoms with Crippen LogP contribution in [-0.4, -0.2) is 0 Å². The van der Waals surface area contributed by atoms with E-state index in [4.69, 9.17) is 15.2 Å². The molecule has 5 nitrogen and oxygen atoms in total. The van der Waals surface area contributed by atoms with Gasteiger partial charge in [0.2, 0.25) is 0 Å². The summed E-state index contributed by atoms with van der Waals surface area (Å²) in [7, 11) is 0. The quantitative estimate of drug-likeness (QED) is 0.128. The first kappa shape index (κ1) is 25.5. The molecule has 0 spiro atoms. The van der Waals surface area contributed by atoms with Crippen molar-refractivity contribution in [2.45, 2.75) is 0 Å². The molecule has 0 fully saturated rings. The lowest BCUT2D eigenvalue weighted by Crippen LogP contribution is -2.03. The maximum atomic E-state index is 12.1. The molecule has 0 saturated carbocycles. The number of fused-ring (bicyclic) bond motifs is 7. The maximum Gasteiger partial charge on any atom is 0.162 e. The highest BCUT2D eigenvalue weighted by Crippen LogP contribution is 2.47. The van der Waals surface area contributed by atoms with Gasteiger partial charge in [0, 0.05) is 43.4 Å². The highest BCUT2D eigenvalue weighted by Gasteiger charge is 2.21. The lowest BCUT2D eigenvalue weighted by atomic mass is 9.89. The van der Waals surface area contributed by atoms with Gasteiger partial charge in [-0.2, -0.15) is 5.90 Å². The summed E-state index contributed by atoms with van der Waals surface area (Å²) in [6.45, 7) is 0. The Bertz CT molecular complexity index is 2560. The number of nitrogens with two attached hydrogens (primary N) is 1. The SMILES string of the molecule is NOc1c2ccccc2c(-c2ccc3oc4c(-c5c6ccccc6c(N=O)c6ccccc56)cccc4c3c2)c2ccccc12. The lowest BCUT2D eigenvalue weighted by molar-refractivity contribution is 0.343. The first-order chi connectivity index (χ1) is 22.3. The van der Waals surface area contributed by atoms with E-state index < -0.39 is 0 Å². The molecule has 212 valence electrons. The Morgan fingerprint density at radius 3 is 1.58 bits per heavy atom. The van der Waals surface area contributed by atoms with E-state index >= 15 is 0 Å². The maximum absolute atomic E-state index is 12.1. The molecule has 0 aliphatic carbocycles. The molecule has 9 aromatic rings. The fourth-order valence-corrected chi connectivity index (χ4v) is 7.17. The summed E-state index contributed by atoms with van der Waals surface area (Å²) in [5.74, 6) is 6.47. The van der Waals surface area contributed by atoms with Crippen LogP contribution in [-0.2, 0) is 0 Å². The van der Waals surface area contributed by atoms with E-state index in [1.54, 1.807) is 0 Å². The minimum atomic E-state index is 0.455. The molecule has 5 heteroatoms. The number of hydrogen-bond donors (Lipinski definition) is 1. The van der Waals surface area contributed by atoms with Crippen LogP contribution in [0, 0.1) is 4.91 Å². The third-order valence-corrected chi connectivity index (χ3v) is 9.05. The molecule has 1 aromatic heterocycles. The number of rotatable bonds is 4. The standard InChI is InChI=1S/C40H24N2O3/c41-45-40-30-16-7-3-12-26(30)36(27-13-4-8-17-31(27)40)23-20-21-35-34(22-23)32-18-9-19-33(39(32)44-35)37-24-10-1-5-14-28(24)38(42-43)29-15-6-2-11-25(29)37/h1-22H,41H2. The second kappa shape index (κ2) is 9.74. The normalized spacial score (nSPS) is 11.8. The van der Waals surface area contributed by atoms with Gasteiger partial charge in [-0.25, -0.2) is 0 Å². The van der Waals surface area contributed by atoms with Crippen LogP contribution in [0.4, 0.5) is 5.69 Å². The summed E-state index contributed by atoms with van der Waals surface area (Å²) in [6, 6.07) is 45.0. The van der Waals surface area contributed by atoms with Gasteiger partial charge in [-0.15, -0.1) is 4.91 Å². The van der Waals surface area contributed by atoms with Crippen molar-refractivity contribution in [2.24, 2.45) is 11.1 Å². The Morgan fingerprint density at radius 2 is 1.02 bits per heavy atom. The molecule has 1 heterocycles. The van der Waals surface area contributed by atoms with E-state index in [1.165, 1.54) is 0 Å². The van der Waals surface area contributed by atoms with Crippen LogP contribution in [0.1, 0.15) is 0 Å². The monoisotopic (exact) mass is 580 g/mol. The molecule has 0 saturated heterocycles. The summed E-state index contributed by atoms with van der Waals surface area (Å²) < 4.78 is 6.67. The van der Waals surface area contributed by atoms with Gasteiger partial charge in [-0.05, 0) is 50.0 Å². The van der Waals surface area contributed by atoms with E-state index in [0.29, 0.717) is 11.4 Å². The largest absolute Gasteiger partial charge is 0.455 e. The lowest BCUT2D eigenvalue weighted by Gasteiger charge is -2.15. The molecule has 0 unspecified atom stereocenters. The number of nitroso groups, excluding NO2 is 1. The predicted octanol–water partition coefficient (Wildman–Crippen LogP) is 11.2. The minimum absolute atomic E-state index is 0.455. The van der Waals surface area contributed by atoms with Crippen LogP contribution in [0.5, 0.6) is 5.75 Å². The van der Waals surface area contributed by atoms with Gasteiger partial charge in [0.1, 0.15) is 16.9 Å². The predicted molar refractivity (Wildman–Crippen MR) is 185 cm³/mol. The molecule has 0 radical (unpaired) electrons. The van der Waals surface area contributed by atoms with Crippen molar-refractivity contribution in [2.75, 3.05) is 0 Å². The van der Waals surface area contributed by atoms with Crippen molar-refractivity contribution >= 4 is 70.7 Å². The fraction of sp³-hybridized carbons (Fsp3) is 0. The number of nitrogens with zero attached hydrogens (tertiary/aromatic N) is 1. The van der Waals surface area contributed by atoms with Crippen molar-refractivity contribution in [1.82, 2.24) is 0 Å². The third kappa shape index (κ3) is 3.59. The molecule has 0 amide bonds. The van der Waals surface area contributed by atoms with E-state index in [1.807, 2.05) is 72.8 Å². The van der Waals surface area contributed by atoms with Crippen LogP contribution in [0.2, 0.25) is 0 Å². The van der Waals surface area contributed by atoms with Crippen molar-refractivity contribution in [3.8, 4) is 28.0 Å². The summed E-state index contributed by atoms with van der Waals surface area (Å²) >= 11 is 0. The van der Waals surface area contributed by atoms with Crippen molar-refractivity contribution in [1.29, 1.82) is 0 Å². The van der Waals surface area contributed by atoms with Gasteiger partial charge in [0.15, 0.2) is 5.75 Å². The highest BCUT2D eigenvalue weighted by atomic mass is 16.6. The second-order valence-corrected chi connectivity index (χ2v) is 11.3. The molecule has 9 rings (SSSR count). The Labute approximate surface area is 257 Å². The molecular formula is C40H24N2O3. The summed E-state index contributed by atoms with van der Waals surface area (Å²) in [5, 5.41) is 13.1. The van der Waals surface area contributed by atoms with E-state index in [0.717, 1.165) is 87.3 Å². The molecule has 0 aliphatic heterocycles. The molecule has 0 aliphatic rings. The van der Waals surface area contributed by atoms with Gasteiger partial charge in [-0.3, -0.25) is 0 Å². The first-order valence-corrected chi connectivity index (χ1v) is 14.8. The molecule has 0 atom stereocenters. The second-order valence-electron chi connectivity index (χ2n) is 11.3. The van der Waals surface area contributed by atoms with Gasteiger partial charge < -0.3 is 9.25 Å². The van der Waals surface area contributed by atoms with Crippen molar-refractivity contribution < 1.29 is 9.25 Å². The number of furan rings is 1. The number of hydrogen-bond acceptors (Lipinski definition) is 5. The van der Waals surface area contributed by atoms with Crippen LogP contribution >= 0.6 is 0 Å². The molecule has 45 heavy (non-hydrogen) atoms. The van der Waals surface area contributed by atoms with Crippen LogP contribution < -0.4 is 10.7 Å². The van der Waals surface area contributed by atoms with Gasteiger partial charge in [0.25, 0.3) is 0 Å². The summed E-state index contributed by atoms with van der Waals surface area (Å²) in [5.41, 5.74) is 6.23. The van der Waals surface area contributed by atoms with Crippen molar-refractivity contribution in [3.63, 3.8) is 0 Å². The zero-order valence-electron chi connectivity index (χ0n) is 24.0. The number of benzene rings is 8. The fourth-order valence-electron chi connectivity index (χ4n) is 7.17. The van der Waals surface area contributed by atoms with E-state index in [-0.39, 0.29) is 0 Å². The molecule has 2 N–H and O–H groups in total. The van der Waals surface area contributed by atoms with E-state index in [2.05, 4.69) is 65.8 Å². The molecule has 0 bridgehead atoms. The zero-order valence-corrected chi connectivity index (χ0v) is 24.0. The van der Waals surface area contributed by atoms with Gasteiger partial charge in [0.05, 0.1) is 0 Å².